The number of amides is 1. The van der Waals surface area contributed by atoms with E-state index in [1.54, 1.807) is 6.92 Å². The summed E-state index contributed by atoms with van der Waals surface area (Å²) in [4.78, 5) is 12.8. The molecule has 0 bridgehead atoms. The second-order valence-electron chi connectivity index (χ2n) is 3.36. The molecule has 0 aliphatic rings. The lowest BCUT2D eigenvalue weighted by Gasteiger charge is -2.20. The molecule has 0 spiro atoms. The van der Waals surface area contributed by atoms with Crippen LogP contribution < -0.4 is 5.73 Å². The van der Waals surface area contributed by atoms with E-state index in [-0.39, 0.29) is 19.0 Å². The van der Waals surface area contributed by atoms with Crippen LogP contribution in [-0.4, -0.2) is 23.9 Å². The first kappa shape index (κ1) is 12.6. The highest BCUT2D eigenvalue weighted by molar-refractivity contribution is 5.77. The number of rotatable bonds is 4. The minimum atomic E-state index is -0.909. The molecular formula is C11H14F2N2O. The lowest BCUT2D eigenvalue weighted by Crippen LogP contribution is -2.35. The van der Waals surface area contributed by atoms with Gasteiger partial charge in [-0.25, -0.2) is 8.78 Å². The standard InChI is InChI=1S/C11H14F2N2O/c1-2-15(11(16)6-14)7-8-3-4-9(12)10(13)5-8/h3-5H,2,6-7,14H2,1H3. The smallest absolute Gasteiger partial charge is 0.236 e. The third kappa shape index (κ3) is 3.00. The Balaban J connectivity index is 2.78. The highest BCUT2D eigenvalue weighted by atomic mass is 19.2. The van der Waals surface area contributed by atoms with Gasteiger partial charge >= 0.3 is 0 Å². The molecule has 0 fully saturated rings. The summed E-state index contributed by atoms with van der Waals surface area (Å²) in [5.41, 5.74) is 5.77. The van der Waals surface area contributed by atoms with Crippen molar-refractivity contribution in [2.75, 3.05) is 13.1 Å². The second-order valence-corrected chi connectivity index (χ2v) is 3.36. The van der Waals surface area contributed by atoms with Crippen molar-refractivity contribution in [3.05, 3.63) is 35.4 Å². The van der Waals surface area contributed by atoms with Crippen molar-refractivity contribution in [2.45, 2.75) is 13.5 Å². The summed E-state index contributed by atoms with van der Waals surface area (Å²) in [5, 5.41) is 0. The lowest BCUT2D eigenvalue weighted by molar-refractivity contribution is -0.130. The van der Waals surface area contributed by atoms with Gasteiger partial charge in [-0.2, -0.15) is 0 Å². The maximum Gasteiger partial charge on any atom is 0.236 e. The van der Waals surface area contributed by atoms with E-state index in [9.17, 15) is 13.6 Å². The lowest BCUT2D eigenvalue weighted by atomic mass is 10.2. The van der Waals surface area contributed by atoms with Gasteiger partial charge in [-0.1, -0.05) is 6.07 Å². The predicted molar refractivity (Wildman–Crippen MR) is 56.5 cm³/mol. The van der Waals surface area contributed by atoms with Crippen molar-refractivity contribution in [3.8, 4) is 0 Å². The van der Waals surface area contributed by atoms with Gasteiger partial charge in [0.15, 0.2) is 11.6 Å². The summed E-state index contributed by atoms with van der Waals surface area (Å²) < 4.78 is 25.6. The fourth-order valence-electron chi connectivity index (χ4n) is 1.36. The zero-order valence-electron chi connectivity index (χ0n) is 9.04. The SMILES string of the molecule is CCN(Cc1ccc(F)c(F)c1)C(=O)CN. The highest BCUT2D eigenvalue weighted by Gasteiger charge is 2.11. The first-order chi connectivity index (χ1) is 7.58. The second kappa shape index (κ2) is 5.55. The van der Waals surface area contributed by atoms with Gasteiger partial charge in [-0.3, -0.25) is 4.79 Å². The van der Waals surface area contributed by atoms with E-state index < -0.39 is 11.6 Å². The topological polar surface area (TPSA) is 46.3 Å². The molecule has 0 atom stereocenters. The molecule has 1 aromatic carbocycles. The molecule has 5 heteroatoms. The molecule has 0 radical (unpaired) electrons. The van der Waals surface area contributed by atoms with Crippen LogP contribution in [0.2, 0.25) is 0 Å². The van der Waals surface area contributed by atoms with E-state index in [2.05, 4.69) is 0 Å². The molecule has 0 aliphatic heterocycles. The van der Waals surface area contributed by atoms with Crippen LogP contribution in [0.15, 0.2) is 18.2 Å². The molecule has 2 N–H and O–H groups in total. The van der Waals surface area contributed by atoms with E-state index >= 15 is 0 Å². The Kier molecular flexibility index (Phi) is 4.37. The van der Waals surface area contributed by atoms with Gasteiger partial charge in [0.05, 0.1) is 6.54 Å². The Hall–Kier alpha value is -1.49. The quantitative estimate of drug-likeness (QED) is 0.843. The van der Waals surface area contributed by atoms with Crippen LogP contribution in [0.5, 0.6) is 0 Å². The van der Waals surface area contributed by atoms with E-state index in [1.165, 1.54) is 11.0 Å². The van der Waals surface area contributed by atoms with Gasteiger partial charge in [0, 0.05) is 13.1 Å². The summed E-state index contributed by atoms with van der Waals surface area (Å²) in [6, 6.07) is 3.58. The van der Waals surface area contributed by atoms with Crippen LogP contribution in [0.1, 0.15) is 12.5 Å². The van der Waals surface area contributed by atoms with Crippen LogP contribution in [0.3, 0.4) is 0 Å². The molecule has 88 valence electrons. The first-order valence-electron chi connectivity index (χ1n) is 5.00. The Morgan fingerprint density at radius 3 is 2.56 bits per heavy atom. The summed E-state index contributed by atoms with van der Waals surface area (Å²) in [6.07, 6.45) is 0. The number of nitrogens with two attached hydrogens (primary N) is 1. The maximum absolute atomic E-state index is 12.9. The first-order valence-corrected chi connectivity index (χ1v) is 5.00. The third-order valence-electron chi connectivity index (χ3n) is 2.27. The zero-order valence-corrected chi connectivity index (χ0v) is 9.04. The van der Waals surface area contributed by atoms with E-state index in [0.29, 0.717) is 12.1 Å². The summed E-state index contributed by atoms with van der Waals surface area (Å²) >= 11 is 0. The Labute approximate surface area is 92.8 Å². The van der Waals surface area contributed by atoms with E-state index in [4.69, 9.17) is 5.73 Å². The zero-order chi connectivity index (χ0) is 12.1. The third-order valence-corrected chi connectivity index (χ3v) is 2.27. The van der Waals surface area contributed by atoms with Gasteiger partial charge in [0.2, 0.25) is 5.91 Å². The number of benzene rings is 1. The fraction of sp³-hybridized carbons (Fsp3) is 0.364. The molecule has 0 heterocycles. The molecular weight excluding hydrogens is 214 g/mol. The molecule has 0 aliphatic carbocycles. The molecule has 1 rings (SSSR count). The van der Waals surface area contributed by atoms with Crippen LogP contribution >= 0.6 is 0 Å². The number of likely N-dealkylation sites (N-methyl/N-ethyl adjacent to an activating group) is 1. The van der Waals surface area contributed by atoms with Crippen molar-refractivity contribution in [1.82, 2.24) is 4.90 Å². The summed E-state index contributed by atoms with van der Waals surface area (Å²) in [5.74, 6) is -2.02. The minimum Gasteiger partial charge on any atom is -0.338 e. The molecule has 0 aromatic heterocycles. The van der Waals surface area contributed by atoms with Crippen molar-refractivity contribution >= 4 is 5.91 Å². The number of halogens is 2. The van der Waals surface area contributed by atoms with Gasteiger partial charge in [-0.05, 0) is 24.6 Å². The largest absolute Gasteiger partial charge is 0.338 e. The fourth-order valence-corrected chi connectivity index (χ4v) is 1.36. The number of carbonyl (C=O) groups excluding carboxylic acids is 1. The van der Waals surface area contributed by atoms with Crippen LogP contribution in [0.25, 0.3) is 0 Å². The molecule has 3 nitrogen and oxygen atoms in total. The average Bonchev–Trinajstić information content (AvgIpc) is 2.29. The number of hydrogen-bond donors (Lipinski definition) is 1. The van der Waals surface area contributed by atoms with Crippen molar-refractivity contribution in [3.63, 3.8) is 0 Å². The predicted octanol–water partition coefficient (Wildman–Crippen LogP) is 1.27. The number of carbonyl (C=O) groups is 1. The van der Waals surface area contributed by atoms with E-state index in [0.717, 1.165) is 12.1 Å². The highest BCUT2D eigenvalue weighted by Crippen LogP contribution is 2.10. The average molecular weight is 228 g/mol. The van der Waals surface area contributed by atoms with Crippen LogP contribution in [0.4, 0.5) is 8.78 Å². The Morgan fingerprint density at radius 2 is 2.06 bits per heavy atom. The molecule has 0 saturated carbocycles. The molecule has 1 aromatic rings. The Morgan fingerprint density at radius 1 is 1.38 bits per heavy atom. The summed E-state index contributed by atoms with van der Waals surface area (Å²) in [6.45, 7) is 2.43. The number of nitrogens with zero attached hydrogens (tertiary/aromatic N) is 1. The molecule has 0 unspecified atom stereocenters. The maximum atomic E-state index is 12.9. The molecule has 16 heavy (non-hydrogen) atoms. The monoisotopic (exact) mass is 228 g/mol. The normalized spacial score (nSPS) is 10.2. The van der Waals surface area contributed by atoms with Gasteiger partial charge in [0.1, 0.15) is 0 Å². The minimum absolute atomic E-state index is 0.0858. The Bertz CT molecular complexity index is 382. The van der Waals surface area contributed by atoms with Crippen molar-refractivity contribution in [1.29, 1.82) is 0 Å². The van der Waals surface area contributed by atoms with E-state index in [1.807, 2.05) is 0 Å². The molecule has 0 saturated heterocycles. The van der Waals surface area contributed by atoms with Crippen molar-refractivity contribution in [2.24, 2.45) is 5.73 Å². The van der Waals surface area contributed by atoms with Crippen molar-refractivity contribution < 1.29 is 13.6 Å². The molecule has 1 amide bonds. The van der Waals surface area contributed by atoms with Gasteiger partial charge < -0.3 is 10.6 Å². The van der Waals surface area contributed by atoms with Crippen LogP contribution in [0, 0.1) is 11.6 Å². The number of hydrogen-bond acceptors (Lipinski definition) is 2. The van der Waals surface area contributed by atoms with Gasteiger partial charge in [-0.15, -0.1) is 0 Å². The van der Waals surface area contributed by atoms with Crippen LogP contribution in [-0.2, 0) is 11.3 Å². The summed E-state index contributed by atoms with van der Waals surface area (Å²) in [7, 11) is 0. The van der Waals surface area contributed by atoms with Gasteiger partial charge in [0.25, 0.3) is 0 Å².